The highest BCUT2D eigenvalue weighted by atomic mass is 32.2. The molecule has 0 heterocycles. The quantitative estimate of drug-likeness (QED) is 0.651. The zero-order valence-electron chi connectivity index (χ0n) is 9.11. The van der Waals surface area contributed by atoms with Crippen molar-refractivity contribution in [2.24, 2.45) is 5.92 Å². The van der Waals surface area contributed by atoms with E-state index in [1.165, 1.54) is 0 Å². The summed E-state index contributed by atoms with van der Waals surface area (Å²) in [6, 6.07) is 0. The normalized spacial score (nSPS) is 14.1. The summed E-state index contributed by atoms with van der Waals surface area (Å²) in [7, 11) is -3.16. The van der Waals surface area contributed by atoms with Gasteiger partial charge in [0.2, 0.25) is 0 Å². The fourth-order valence-electron chi connectivity index (χ4n) is 0.893. The van der Waals surface area contributed by atoms with Crippen LogP contribution in [0.15, 0.2) is 0 Å². The molecule has 0 aromatic rings. The molecule has 0 aliphatic rings. The van der Waals surface area contributed by atoms with Crippen LogP contribution in [0.25, 0.3) is 0 Å². The summed E-state index contributed by atoms with van der Waals surface area (Å²) < 4.78 is 27.6. The Bertz CT molecular complexity index is 279. The van der Waals surface area contributed by atoms with Gasteiger partial charge >= 0.3 is 5.97 Å². The molecular formula is C9H18O4S. The van der Waals surface area contributed by atoms with Gasteiger partial charge in [0.05, 0.1) is 23.5 Å². The molecule has 84 valence electrons. The van der Waals surface area contributed by atoms with Crippen LogP contribution in [-0.4, -0.2) is 32.0 Å². The fourth-order valence-corrected chi connectivity index (χ4v) is 2.11. The van der Waals surface area contributed by atoms with Crippen LogP contribution < -0.4 is 0 Å². The molecule has 0 bridgehead atoms. The molecule has 1 atom stereocenters. The average molecular weight is 222 g/mol. The number of hydrogen-bond donors (Lipinski definition) is 0. The third-order valence-electron chi connectivity index (χ3n) is 1.89. The summed E-state index contributed by atoms with van der Waals surface area (Å²) >= 11 is 0. The van der Waals surface area contributed by atoms with Gasteiger partial charge in [0, 0.05) is 0 Å². The van der Waals surface area contributed by atoms with E-state index < -0.39 is 27.0 Å². The van der Waals surface area contributed by atoms with E-state index in [-0.39, 0.29) is 12.4 Å². The van der Waals surface area contributed by atoms with E-state index in [0.717, 1.165) is 0 Å². The van der Waals surface area contributed by atoms with E-state index in [2.05, 4.69) is 0 Å². The van der Waals surface area contributed by atoms with Crippen LogP contribution in [-0.2, 0) is 19.4 Å². The van der Waals surface area contributed by atoms with E-state index in [1.807, 2.05) is 0 Å². The minimum atomic E-state index is -3.16. The van der Waals surface area contributed by atoms with Gasteiger partial charge in [-0.15, -0.1) is 0 Å². The first-order chi connectivity index (χ1) is 6.31. The fraction of sp³-hybridized carbons (Fsp3) is 0.889. The molecular weight excluding hydrogens is 204 g/mol. The molecule has 0 spiro atoms. The van der Waals surface area contributed by atoms with Crippen molar-refractivity contribution >= 4 is 15.8 Å². The van der Waals surface area contributed by atoms with Crippen molar-refractivity contribution in [3.8, 4) is 0 Å². The van der Waals surface area contributed by atoms with Crippen LogP contribution in [0, 0.1) is 5.92 Å². The van der Waals surface area contributed by atoms with Crippen molar-refractivity contribution in [3.63, 3.8) is 0 Å². The molecule has 0 N–H and O–H groups in total. The smallest absolute Gasteiger partial charge is 0.309 e. The first-order valence-electron chi connectivity index (χ1n) is 4.69. The summed E-state index contributed by atoms with van der Waals surface area (Å²) in [4.78, 5) is 11.2. The van der Waals surface area contributed by atoms with Crippen LogP contribution in [0.3, 0.4) is 0 Å². The minimum Gasteiger partial charge on any atom is -0.466 e. The molecule has 0 aromatic carbocycles. The summed E-state index contributed by atoms with van der Waals surface area (Å²) in [6.07, 6.45) is 0. The van der Waals surface area contributed by atoms with Crippen molar-refractivity contribution in [3.05, 3.63) is 0 Å². The van der Waals surface area contributed by atoms with E-state index in [1.54, 1.807) is 27.7 Å². The van der Waals surface area contributed by atoms with Gasteiger partial charge in [-0.25, -0.2) is 8.42 Å². The Balaban J connectivity index is 4.33. The van der Waals surface area contributed by atoms with Crippen LogP contribution in [0.2, 0.25) is 0 Å². The maximum Gasteiger partial charge on any atom is 0.309 e. The van der Waals surface area contributed by atoms with Crippen molar-refractivity contribution in [1.82, 2.24) is 0 Å². The highest BCUT2D eigenvalue weighted by molar-refractivity contribution is 7.92. The number of carbonyl (C=O) groups excluding carboxylic acids is 1. The molecule has 0 saturated carbocycles. The second kappa shape index (κ2) is 5.34. The number of esters is 1. The number of hydrogen-bond acceptors (Lipinski definition) is 4. The molecule has 0 radical (unpaired) electrons. The van der Waals surface area contributed by atoms with Crippen LogP contribution >= 0.6 is 0 Å². The van der Waals surface area contributed by atoms with E-state index in [9.17, 15) is 13.2 Å². The van der Waals surface area contributed by atoms with Gasteiger partial charge in [0.25, 0.3) is 0 Å². The lowest BCUT2D eigenvalue weighted by molar-refractivity contribution is -0.146. The third-order valence-corrected chi connectivity index (χ3v) is 4.29. The molecule has 0 amide bonds. The van der Waals surface area contributed by atoms with Gasteiger partial charge < -0.3 is 4.74 Å². The monoisotopic (exact) mass is 222 g/mol. The van der Waals surface area contributed by atoms with E-state index in [4.69, 9.17) is 4.74 Å². The Labute approximate surface area is 85.6 Å². The molecule has 1 unspecified atom stereocenters. The largest absolute Gasteiger partial charge is 0.466 e. The maximum absolute atomic E-state index is 11.4. The first-order valence-corrected chi connectivity index (χ1v) is 6.41. The standard InChI is InChI=1S/C9H18O4S/c1-5-13-9(10)8(4)6-14(11,12)7(2)3/h7-8H,5-6H2,1-4H3. The highest BCUT2D eigenvalue weighted by Gasteiger charge is 2.24. The van der Waals surface area contributed by atoms with Crippen LogP contribution in [0.1, 0.15) is 27.7 Å². The Morgan fingerprint density at radius 3 is 2.14 bits per heavy atom. The molecule has 4 nitrogen and oxygen atoms in total. The summed E-state index contributed by atoms with van der Waals surface area (Å²) in [5.41, 5.74) is 0. The molecule has 0 saturated heterocycles. The Morgan fingerprint density at radius 1 is 1.29 bits per heavy atom. The van der Waals surface area contributed by atoms with E-state index >= 15 is 0 Å². The summed E-state index contributed by atoms with van der Waals surface area (Å²) in [6.45, 7) is 6.75. The van der Waals surface area contributed by atoms with Gasteiger partial charge in [-0.2, -0.15) is 0 Å². The maximum atomic E-state index is 11.4. The number of sulfone groups is 1. The van der Waals surface area contributed by atoms with Gasteiger partial charge in [0.15, 0.2) is 9.84 Å². The SMILES string of the molecule is CCOC(=O)C(C)CS(=O)(=O)C(C)C. The zero-order valence-corrected chi connectivity index (χ0v) is 9.93. The van der Waals surface area contributed by atoms with Crippen LogP contribution in [0.4, 0.5) is 0 Å². The number of ether oxygens (including phenoxy) is 1. The molecule has 0 rings (SSSR count). The lowest BCUT2D eigenvalue weighted by Gasteiger charge is -2.12. The van der Waals surface area contributed by atoms with Gasteiger partial charge in [0.1, 0.15) is 0 Å². The molecule has 0 aliphatic carbocycles. The topological polar surface area (TPSA) is 60.4 Å². The number of rotatable bonds is 5. The Hall–Kier alpha value is -0.580. The second-order valence-electron chi connectivity index (χ2n) is 3.53. The molecule has 0 aromatic heterocycles. The van der Waals surface area contributed by atoms with Crippen molar-refractivity contribution in [2.45, 2.75) is 32.9 Å². The van der Waals surface area contributed by atoms with Gasteiger partial charge in [-0.1, -0.05) is 6.92 Å². The predicted octanol–water partition coefficient (Wildman–Crippen LogP) is 1.01. The second-order valence-corrected chi connectivity index (χ2v) is 6.13. The summed E-state index contributed by atoms with van der Waals surface area (Å²) in [5, 5.41) is -0.445. The van der Waals surface area contributed by atoms with Crippen LogP contribution in [0.5, 0.6) is 0 Å². The predicted molar refractivity (Wildman–Crippen MR) is 54.7 cm³/mol. The molecule has 0 aliphatic heterocycles. The molecule has 14 heavy (non-hydrogen) atoms. The molecule has 5 heteroatoms. The van der Waals surface area contributed by atoms with Crippen molar-refractivity contribution in [2.75, 3.05) is 12.4 Å². The minimum absolute atomic E-state index is 0.135. The zero-order chi connectivity index (χ0) is 11.4. The van der Waals surface area contributed by atoms with E-state index in [0.29, 0.717) is 0 Å². The van der Waals surface area contributed by atoms with Crippen molar-refractivity contribution in [1.29, 1.82) is 0 Å². The summed E-state index contributed by atoms with van der Waals surface area (Å²) in [5.74, 6) is -1.16. The third kappa shape index (κ3) is 4.09. The Morgan fingerprint density at radius 2 is 1.79 bits per heavy atom. The van der Waals surface area contributed by atoms with Crippen molar-refractivity contribution < 1.29 is 17.9 Å². The molecule has 0 fully saturated rings. The first kappa shape index (κ1) is 13.4. The van der Waals surface area contributed by atoms with Gasteiger partial charge in [-0.05, 0) is 20.8 Å². The number of carbonyl (C=O) groups is 1. The lowest BCUT2D eigenvalue weighted by Crippen LogP contribution is -2.27. The van der Waals surface area contributed by atoms with Gasteiger partial charge in [-0.3, -0.25) is 4.79 Å². The average Bonchev–Trinajstić information content (AvgIpc) is 2.03. The Kier molecular flexibility index (Phi) is 5.12. The highest BCUT2D eigenvalue weighted by Crippen LogP contribution is 2.08. The lowest BCUT2D eigenvalue weighted by atomic mass is 10.2.